The summed E-state index contributed by atoms with van der Waals surface area (Å²) in [6.45, 7) is 5.60. The molecule has 2 aliphatic rings. The van der Waals surface area contributed by atoms with Crippen LogP contribution in [0, 0.1) is 0 Å². The van der Waals surface area contributed by atoms with Crippen LogP contribution in [0.3, 0.4) is 0 Å². The van der Waals surface area contributed by atoms with Crippen LogP contribution in [0.1, 0.15) is 43.7 Å². The normalized spacial score (nSPS) is 23.5. The monoisotopic (exact) mass is 315 g/mol. The van der Waals surface area contributed by atoms with Crippen molar-refractivity contribution in [2.24, 2.45) is 0 Å². The summed E-state index contributed by atoms with van der Waals surface area (Å²) in [5, 5.41) is 3.31. The molecule has 0 saturated carbocycles. The van der Waals surface area contributed by atoms with Crippen molar-refractivity contribution in [2.75, 3.05) is 39.3 Å². The topological polar surface area (TPSA) is 35.6 Å². The Kier molecular flexibility index (Phi) is 6.06. The Balaban J connectivity index is 1.60. The molecular weight excluding hydrogens is 286 g/mol. The van der Waals surface area contributed by atoms with E-state index in [-0.39, 0.29) is 0 Å². The molecule has 3 rings (SSSR count). The van der Waals surface area contributed by atoms with Crippen molar-refractivity contribution in [2.45, 2.75) is 38.1 Å². The number of amides is 1. The third-order valence-electron chi connectivity index (χ3n) is 5.13. The van der Waals surface area contributed by atoms with E-state index in [9.17, 15) is 4.79 Å². The molecule has 1 aromatic rings. The highest BCUT2D eigenvalue weighted by molar-refractivity contribution is 5.76. The van der Waals surface area contributed by atoms with Gasteiger partial charge in [0.1, 0.15) is 0 Å². The van der Waals surface area contributed by atoms with Crippen molar-refractivity contribution in [3.8, 4) is 0 Å². The van der Waals surface area contributed by atoms with Crippen LogP contribution in [0.5, 0.6) is 0 Å². The van der Waals surface area contributed by atoms with Gasteiger partial charge in [0.15, 0.2) is 0 Å². The minimum Gasteiger partial charge on any atom is -0.340 e. The van der Waals surface area contributed by atoms with Crippen molar-refractivity contribution in [3.63, 3.8) is 0 Å². The first kappa shape index (κ1) is 16.5. The Morgan fingerprint density at radius 3 is 2.61 bits per heavy atom. The second-order valence-electron chi connectivity index (χ2n) is 6.69. The van der Waals surface area contributed by atoms with Crippen LogP contribution in [-0.2, 0) is 4.79 Å². The number of nitrogens with one attached hydrogen (secondary N) is 1. The van der Waals surface area contributed by atoms with E-state index >= 15 is 0 Å². The van der Waals surface area contributed by atoms with Gasteiger partial charge >= 0.3 is 0 Å². The van der Waals surface area contributed by atoms with Gasteiger partial charge in [-0.2, -0.15) is 0 Å². The van der Waals surface area contributed by atoms with Crippen LogP contribution < -0.4 is 5.32 Å². The maximum absolute atomic E-state index is 12.4. The van der Waals surface area contributed by atoms with Crippen molar-refractivity contribution in [1.82, 2.24) is 15.1 Å². The smallest absolute Gasteiger partial charge is 0.223 e. The zero-order valence-electron chi connectivity index (χ0n) is 14.0. The van der Waals surface area contributed by atoms with Crippen LogP contribution in [-0.4, -0.2) is 55.0 Å². The lowest BCUT2D eigenvalue weighted by Crippen LogP contribution is -2.47. The number of hydrogen-bond acceptors (Lipinski definition) is 3. The van der Waals surface area contributed by atoms with Crippen LogP contribution >= 0.6 is 0 Å². The van der Waals surface area contributed by atoms with E-state index in [1.165, 1.54) is 31.2 Å². The fraction of sp³-hybridized carbons (Fsp3) is 0.632. The third kappa shape index (κ3) is 4.55. The number of carbonyl (C=O) groups is 1. The quantitative estimate of drug-likeness (QED) is 0.927. The maximum Gasteiger partial charge on any atom is 0.223 e. The lowest BCUT2D eigenvalue weighted by molar-refractivity contribution is -0.132. The van der Waals surface area contributed by atoms with Gasteiger partial charge in [-0.1, -0.05) is 43.2 Å². The molecule has 4 heteroatoms. The Hall–Kier alpha value is -1.39. The van der Waals surface area contributed by atoms with Gasteiger partial charge in [-0.05, 0) is 24.9 Å². The molecule has 0 bridgehead atoms. The number of hydrogen-bond donors (Lipinski definition) is 1. The van der Waals surface area contributed by atoms with Crippen molar-refractivity contribution in [1.29, 1.82) is 0 Å². The molecular formula is C19H29N3O. The first-order valence-corrected chi connectivity index (χ1v) is 9.12. The van der Waals surface area contributed by atoms with Crippen molar-refractivity contribution >= 4 is 5.91 Å². The molecule has 2 fully saturated rings. The molecule has 1 N–H and O–H groups in total. The van der Waals surface area contributed by atoms with Gasteiger partial charge in [-0.3, -0.25) is 9.69 Å². The summed E-state index contributed by atoms with van der Waals surface area (Å²) in [4.78, 5) is 17.0. The molecule has 1 atom stereocenters. The van der Waals surface area contributed by atoms with E-state index in [0.29, 0.717) is 18.4 Å². The summed E-state index contributed by atoms with van der Waals surface area (Å²) < 4.78 is 0. The van der Waals surface area contributed by atoms with Crippen LogP contribution in [0.15, 0.2) is 30.3 Å². The number of benzene rings is 1. The predicted octanol–water partition coefficient (Wildman–Crippen LogP) is 2.43. The summed E-state index contributed by atoms with van der Waals surface area (Å²) in [5.74, 6) is 0.322. The van der Waals surface area contributed by atoms with Crippen LogP contribution in [0.25, 0.3) is 0 Å². The second-order valence-corrected chi connectivity index (χ2v) is 6.69. The average Bonchev–Trinajstić information content (AvgIpc) is 2.86. The number of carbonyl (C=O) groups excluding carboxylic acids is 1. The van der Waals surface area contributed by atoms with Gasteiger partial charge in [-0.25, -0.2) is 0 Å². The Morgan fingerprint density at radius 2 is 1.83 bits per heavy atom. The van der Waals surface area contributed by atoms with E-state index in [1.54, 1.807) is 0 Å². The number of rotatable bonds is 4. The summed E-state index contributed by atoms with van der Waals surface area (Å²) in [5.41, 5.74) is 1.41. The lowest BCUT2D eigenvalue weighted by atomic mass is 10.0. The van der Waals surface area contributed by atoms with Gasteiger partial charge in [0.2, 0.25) is 5.91 Å². The first-order chi connectivity index (χ1) is 11.3. The highest BCUT2D eigenvalue weighted by Crippen LogP contribution is 2.30. The van der Waals surface area contributed by atoms with E-state index in [2.05, 4.69) is 40.5 Å². The van der Waals surface area contributed by atoms with Crippen molar-refractivity contribution < 1.29 is 4.79 Å². The fourth-order valence-corrected chi connectivity index (χ4v) is 3.80. The Bertz CT molecular complexity index is 485. The molecule has 0 spiro atoms. The Morgan fingerprint density at radius 1 is 1.04 bits per heavy atom. The molecule has 4 nitrogen and oxygen atoms in total. The summed E-state index contributed by atoms with van der Waals surface area (Å²) in [6, 6.07) is 11.3. The fourth-order valence-electron chi connectivity index (χ4n) is 3.80. The van der Waals surface area contributed by atoms with E-state index in [4.69, 9.17) is 0 Å². The molecule has 0 aliphatic carbocycles. The molecule has 1 aromatic carbocycles. The SMILES string of the molecule is O=C(CCN1CCCCCC1c1ccccc1)N1CCNCC1. The molecule has 2 saturated heterocycles. The van der Waals surface area contributed by atoms with Gasteiger partial charge in [0.05, 0.1) is 0 Å². The van der Waals surface area contributed by atoms with Crippen LogP contribution in [0.4, 0.5) is 0 Å². The second kappa shape index (κ2) is 8.46. The van der Waals surface area contributed by atoms with Gasteiger partial charge in [-0.15, -0.1) is 0 Å². The lowest BCUT2D eigenvalue weighted by Gasteiger charge is -2.32. The van der Waals surface area contributed by atoms with Gasteiger partial charge < -0.3 is 10.2 Å². The van der Waals surface area contributed by atoms with Crippen LogP contribution in [0.2, 0.25) is 0 Å². The van der Waals surface area contributed by atoms with E-state index < -0.39 is 0 Å². The molecule has 0 aromatic heterocycles. The zero-order chi connectivity index (χ0) is 15.9. The predicted molar refractivity (Wildman–Crippen MR) is 93.3 cm³/mol. The minimum absolute atomic E-state index is 0.322. The third-order valence-corrected chi connectivity index (χ3v) is 5.13. The number of piperazine rings is 1. The molecule has 2 heterocycles. The Labute approximate surface area is 139 Å². The minimum atomic E-state index is 0.322. The average molecular weight is 315 g/mol. The first-order valence-electron chi connectivity index (χ1n) is 9.12. The van der Waals surface area contributed by atoms with E-state index in [1.807, 2.05) is 4.90 Å². The van der Waals surface area contributed by atoms with Crippen molar-refractivity contribution in [3.05, 3.63) is 35.9 Å². The molecule has 1 amide bonds. The summed E-state index contributed by atoms with van der Waals surface area (Å²) in [7, 11) is 0. The largest absolute Gasteiger partial charge is 0.340 e. The van der Waals surface area contributed by atoms with Gasteiger partial charge in [0.25, 0.3) is 0 Å². The molecule has 1 unspecified atom stereocenters. The highest BCUT2D eigenvalue weighted by Gasteiger charge is 2.24. The highest BCUT2D eigenvalue weighted by atomic mass is 16.2. The molecule has 2 aliphatic heterocycles. The standard InChI is InChI=1S/C19H29N3O/c23-19(22-15-11-20-12-16-22)10-14-21-13-6-2-5-9-18(21)17-7-3-1-4-8-17/h1,3-4,7-8,18,20H,2,5-6,9-16H2. The van der Waals surface area contributed by atoms with Gasteiger partial charge in [0, 0.05) is 45.2 Å². The summed E-state index contributed by atoms with van der Waals surface area (Å²) in [6.07, 6.45) is 5.73. The maximum atomic E-state index is 12.4. The zero-order valence-corrected chi connectivity index (χ0v) is 14.0. The molecule has 126 valence electrons. The van der Waals surface area contributed by atoms with E-state index in [0.717, 1.165) is 39.3 Å². The summed E-state index contributed by atoms with van der Waals surface area (Å²) >= 11 is 0. The number of likely N-dealkylation sites (tertiary alicyclic amines) is 1. The molecule has 23 heavy (non-hydrogen) atoms. The molecule has 0 radical (unpaired) electrons. The number of nitrogens with zero attached hydrogens (tertiary/aromatic N) is 2.